The van der Waals surface area contributed by atoms with Crippen LogP contribution >= 0.6 is 0 Å². The summed E-state index contributed by atoms with van der Waals surface area (Å²) in [6, 6.07) is 0. The molecule has 0 aromatic carbocycles. The Hall–Kier alpha value is -3.27. The number of hydrogen-bond acceptors (Lipinski definition) is 8. The molecule has 1 atom stereocenters. The maximum absolute atomic E-state index is 10.2. The molecule has 1 unspecified atom stereocenters. The fraction of sp³-hybridized carbons (Fsp3) is 0.500. The van der Waals surface area contributed by atoms with Crippen molar-refractivity contribution in [3.63, 3.8) is 0 Å². The van der Waals surface area contributed by atoms with E-state index >= 15 is 0 Å². The van der Waals surface area contributed by atoms with E-state index in [4.69, 9.17) is 37.7 Å². The van der Waals surface area contributed by atoms with Crippen LogP contribution in [-0.4, -0.2) is 64.0 Å². The molecule has 0 saturated carbocycles. The number of rotatable bonds is 10. The third kappa shape index (κ3) is 25.0. The van der Waals surface area contributed by atoms with Crippen molar-refractivity contribution in [1.29, 1.82) is 0 Å². The van der Waals surface area contributed by atoms with Crippen molar-refractivity contribution in [2.24, 2.45) is 22.9 Å². The second-order valence-electron chi connectivity index (χ2n) is 4.80. The van der Waals surface area contributed by atoms with Gasteiger partial charge in [-0.15, -0.1) is 0 Å². The van der Waals surface area contributed by atoms with Crippen LogP contribution < -0.4 is 22.9 Å². The first-order valence-corrected chi connectivity index (χ1v) is 8.55. The fourth-order valence-electron chi connectivity index (χ4n) is 0.971. The number of carboxylic acids is 2. The van der Waals surface area contributed by atoms with Crippen LogP contribution in [0.15, 0.2) is 0 Å². The molecule has 28 heavy (non-hydrogen) atoms. The van der Waals surface area contributed by atoms with E-state index in [0.717, 1.165) is 0 Å². The Morgan fingerprint density at radius 3 is 1.00 bits per heavy atom. The lowest BCUT2D eigenvalue weighted by Crippen LogP contribution is -2.31. The molecule has 0 radical (unpaired) electrons. The summed E-state index contributed by atoms with van der Waals surface area (Å²) in [6.45, 7) is 0. The van der Waals surface area contributed by atoms with Crippen molar-refractivity contribution in [3.8, 4) is 0 Å². The molecule has 15 nitrogen and oxygen atoms in total. The Bertz CT molecular complexity index is 634. The summed E-state index contributed by atoms with van der Waals surface area (Å²) < 4.78 is 28.7. The molecule has 0 aliphatic carbocycles. The van der Waals surface area contributed by atoms with Gasteiger partial charge in [0.1, 0.15) is 0 Å². The van der Waals surface area contributed by atoms with Crippen molar-refractivity contribution in [3.05, 3.63) is 0 Å². The minimum Gasteiger partial charge on any atom is -0.481 e. The second-order valence-corrected chi connectivity index (χ2v) is 6.40. The number of primary amides is 4. The summed E-state index contributed by atoms with van der Waals surface area (Å²) in [4.78, 5) is 59.7. The Morgan fingerprint density at radius 1 is 0.679 bits per heavy atom. The average Bonchev–Trinajstić information content (AvgIpc) is 2.48. The number of hydrogen-bond donors (Lipinski definition) is 7. The molecule has 0 heterocycles. The standard InChI is InChI=1S/2C4H8N2O2.C4H6O7S/c2*5-3(7)1-2-4(6)8;5-3(6)1-2(4(7)8)12(9,10)11/h2*1-2H2,(H2,5,7)(H2,6,8);2H,1H2,(H,5,6)(H,7,8)(H,9,10,11). The van der Waals surface area contributed by atoms with Crippen molar-refractivity contribution in [2.45, 2.75) is 37.4 Å². The van der Waals surface area contributed by atoms with Gasteiger partial charge in [-0.05, 0) is 0 Å². The molecule has 0 aromatic rings. The summed E-state index contributed by atoms with van der Waals surface area (Å²) in [7, 11) is -4.84. The maximum Gasteiger partial charge on any atom is 0.325 e. The van der Waals surface area contributed by atoms with Gasteiger partial charge in [-0.2, -0.15) is 8.42 Å². The third-order valence-corrected chi connectivity index (χ3v) is 3.32. The molecule has 16 heteroatoms. The number of carbonyl (C=O) groups excluding carboxylic acids is 4. The van der Waals surface area contributed by atoms with Gasteiger partial charge in [-0.3, -0.25) is 33.3 Å². The van der Waals surface area contributed by atoms with Crippen LogP contribution in [0.3, 0.4) is 0 Å². The Kier molecular flexibility index (Phi) is 15.6. The molecule has 0 bridgehead atoms. The van der Waals surface area contributed by atoms with Gasteiger partial charge in [0.05, 0.1) is 6.42 Å². The highest BCUT2D eigenvalue weighted by molar-refractivity contribution is 7.87. The minimum atomic E-state index is -4.84. The maximum atomic E-state index is 10.2. The molecule has 4 amide bonds. The van der Waals surface area contributed by atoms with Gasteiger partial charge in [0.15, 0.2) is 5.25 Å². The van der Waals surface area contributed by atoms with Crippen molar-refractivity contribution >= 4 is 45.7 Å². The minimum absolute atomic E-state index is 0.0509. The van der Waals surface area contributed by atoms with Gasteiger partial charge in [0, 0.05) is 25.7 Å². The number of aliphatic carboxylic acids is 2. The van der Waals surface area contributed by atoms with Crippen LogP contribution in [0.4, 0.5) is 0 Å². The van der Waals surface area contributed by atoms with Crippen molar-refractivity contribution in [1.82, 2.24) is 0 Å². The first-order valence-electron chi connectivity index (χ1n) is 7.04. The molecule has 0 spiro atoms. The molecule has 0 saturated heterocycles. The van der Waals surface area contributed by atoms with E-state index in [1.165, 1.54) is 0 Å². The van der Waals surface area contributed by atoms with E-state index in [1.54, 1.807) is 0 Å². The number of amides is 4. The number of carboxylic acid groups (broad SMARTS) is 2. The van der Waals surface area contributed by atoms with Gasteiger partial charge in [-0.25, -0.2) is 0 Å². The lowest BCUT2D eigenvalue weighted by atomic mass is 10.3. The van der Waals surface area contributed by atoms with E-state index in [9.17, 15) is 37.2 Å². The zero-order chi connectivity index (χ0) is 23.1. The Balaban J connectivity index is -0.000000347. The monoisotopic (exact) mass is 430 g/mol. The van der Waals surface area contributed by atoms with Gasteiger partial charge < -0.3 is 33.1 Å². The topological polar surface area (TPSA) is 301 Å². The van der Waals surface area contributed by atoms with Gasteiger partial charge in [0.25, 0.3) is 10.1 Å². The van der Waals surface area contributed by atoms with E-state index < -0.39 is 57.4 Å². The summed E-state index contributed by atoms with van der Waals surface area (Å²) in [6.07, 6.45) is -0.955. The highest BCUT2D eigenvalue weighted by Crippen LogP contribution is 2.04. The zero-order valence-corrected chi connectivity index (χ0v) is 15.3. The summed E-state index contributed by atoms with van der Waals surface area (Å²) in [5.74, 6) is -5.49. The normalized spacial score (nSPS) is 10.8. The SMILES string of the molecule is NC(=O)CCC(N)=O.NC(=O)CCC(N)=O.O=C(O)CC(C(=O)O)S(=O)(=O)O. The molecule has 0 fully saturated rings. The lowest BCUT2D eigenvalue weighted by Gasteiger charge is -2.04. The lowest BCUT2D eigenvalue weighted by molar-refractivity contribution is -0.143. The Morgan fingerprint density at radius 2 is 0.929 bits per heavy atom. The summed E-state index contributed by atoms with van der Waals surface area (Å²) >= 11 is 0. The van der Waals surface area contributed by atoms with E-state index in [0.29, 0.717) is 0 Å². The molecule has 162 valence electrons. The number of nitrogens with two attached hydrogens (primary N) is 4. The second kappa shape index (κ2) is 14.9. The van der Waals surface area contributed by atoms with Crippen LogP contribution in [0.1, 0.15) is 32.1 Å². The molecule has 11 N–H and O–H groups in total. The Labute approximate surface area is 158 Å². The molecule has 0 aromatic heterocycles. The van der Waals surface area contributed by atoms with Gasteiger partial charge in [0.2, 0.25) is 23.6 Å². The predicted molar refractivity (Wildman–Crippen MR) is 90.5 cm³/mol. The van der Waals surface area contributed by atoms with Crippen LogP contribution in [0.5, 0.6) is 0 Å². The van der Waals surface area contributed by atoms with Gasteiger partial charge in [-0.1, -0.05) is 0 Å². The highest BCUT2D eigenvalue weighted by Gasteiger charge is 2.33. The van der Waals surface area contributed by atoms with E-state index in [2.05, 4.69) is 0 Å². The number of carbonyl (C=O) groups is 6. The summed E-state index contributed by atoms with van der Waals surface area (Å²) in [5.41, 5.74) is 18.8. The highest BCUT2D eigenvalue weighted by atomic mass is 32.2. The van der Waals surface area contributed by atoms with Crippen molar-refractivity contribution < 1.29 is 52.0 Å². The molecule has 0 rings (SSSR count). The van der Waals surface area contributed by atoms with E-state index in [1.807, 2.05) is 0 Å². The molecule has 0 aliphatic heterocycles. The molecular weight excluding hydrogens is 408 g/mol. The van der Waals surface area contributed by atoms with Crippen LogP contribution in [0.2, 0.25) is 0 Å². The van der Waals surface area contributed by atoms with Crippen LogP contribution in [0, 0.1) is 0 Å². The summed E-state index contributed by atoms with van der Waals surface area (Å²) in [5, 5.41) is 13.9. The largest absolute Gasteiger partial charge is 0.481 e. The fourth-order valence-corrected chi connectivity index (χ4v) is 1.58. The smallest absolute Gasteiger partial charge is 0.325 e. The average molecular weight is 430 g/mol. The first-order chi connectivity index (χ1) is 12.5. The molecular formula is C12H22N4O11S. The zero-order valence-electron chi connectivity index (χ0n) is 14.4. The quantitative estimate of drug-likeness (QED) is 0.165. The molecule has 0 aliphatic rings. The third-order valence-electron chi connectivity index (χ3n) is 2.23. The van der Waals surface area contributed by atoms with Gasteiger partial charge >= 0.3 is 11.9 Å². The van der Waals surface area contributed by atoms with Crippen LogP contribution in [0.25, 0.3) is 0 Å². The van der Waals surface area contributed by atoms with Crippen molar-refractivity contribution in [2.75, 3.05) is 0 Å². The van der Waals surface area contributed by atoms with Crippen LogP contribution in [-0.2, 0) is 38.9 Å². The van der Waals surface area contributed by atoms with E-state index in [-0.39, 0.29) is 25.7 Å². The first kappa shape index (κ1) is 29.5. The predicted octanol–water partition coefficient (Wildman–Crippen LogP) is -3.72.